The van der Waals surface area contributed by atoms with Crippen LogP contribution in [-0.2, 0) is 0 Å². The number of thioether (sulfide) groups is 1. The maximum atomic E-state index is 12.4. The molecule has 1 fully saturated rings. The standard InChI is InChI=1S/C16H23N3O3S.ClH/c1-23-15-8-7-12(9-14(15)19(21)22)16(20)18-13(10-17)11-5-3-2-4-6-11;/h7-9,11,13H,2-6,10,17H2,1H3,(H,18,20);1H. The quantitative estimate of drug-likeness (QED) is 0.452. The Hall–Kier alpha value is -1.31. The second kappa shape index (κ2) is 9.86. The number of carbonyl (C=O) groups excluding carboxylic acids is 1. The average molecular weight is 374 g/mol. The Labute approximate surface area is 152 Å². The highest BCUT2D eigenvalue weighted by Gasteiger charge is 2.25. The Morgan fingerprint density at radius 3 is 2.62 bits per heavy atom. The van der Waals surface area contributed by atoms with E-state index in [4.69, 9.17) is 5.73 Å². The monoisotopic (exact) mass is 373 g/mol. The van der Waals surface area contributed by atoms with Crippen molar-refractivity contribution in [2.45, 2.75) is 43.0 Å². The summed E-state index contributed by atoms with van der Waals surface area (Å²) in [6.07, 6.45) is 7.51. The molecule has 0 bridgehead atoms. The van der Waals surface area contributed by atoms with Crippen molar-refractivity contribution in [3.05, 3.63) is 33.9 Å². The van der Waals surface area contributed by atoms with Crippen LogP contribution in [0.5, 0.6) is 0 Å². The van der Waals surface area contributed by atoms with E-state index in [2.05, 4.69) is 5.32 Å². The second-order valence-corrected chi connectivity index (χ2v) is 6.71. The van der Waals surface area contributed by atoms with Crippen LogP contribution in [0.1, 0.15) is 42.5 Å². The zero-order valence-electron chi connectivity index (χ0n) is 13.7. The van der Waals surface area contributed by atoms with E-state index in [1.807, 2.05) is 0 Å². The summed E-state index contributed by atoms with van der Waals surface area (Å²) in [5.41, 5.74) is 6.10. The third-order valence-corrected chi connectivity index (χ3v) is 5.21. The minimum absolute atomic E-state index is 0. The number of nitro benzene ring substituents is 1. The van der Waals surface area contributed by atoms with Gasteiger partial charge in [0.2, 0.25) is 0 Å². The number of benzene rings is 1. The fourth-order valence-electron chi connectivity index (χ4n) is 3.13. The number of hydrogen-bond donors (Lipinski definition) is 2. The molecule has 1 unspecified atom stereocenters. The summed E-state index contributed by atoms with van der Waals surface area (Å²) in [7, 11) is 0. The number of hydrogen-bond acceptors (Lipinski definition) is 5. The maximum Gasteiger partial charge on any atom is 0.283 e. The number of amides is 1. The first kappa shape index (κ1) is 20.7. The summed E-state index contributed by atoms with van der Waals surface area (Å²) in [6.45, 7) is 0.390. The Morgan fingerprint density at radius 1 is 1.42 bits per heavy atom. The molecule has 2 rings (SSSR count). The van der Waals surface area contributed by atoms with Crippen molar-refractivity contribution < 1.29 is 9.72 Å². The fraction of sp³-hybridized carbons (Fsp3) is 0.562. The average Bonchev–Trinajstić information content (AvgIpc) is 2.59. The largest absolute Gasteiger partial charge is 0.348 e. The van der Waals surface area contributed by atoms with Crippen molar-refractivity contribution >= 4 is 35.8 Å². The molecular formula is C16H24ClN3O3S. The van der Waals surface area contributed by atoms with Gasteiger partial charge >= 0.3 is 0 Å². The van der Waals surface area contributed by atoms with E-state index in [-0.39, 0.29) is 30.0 Å². The summed E-state index contributed by atoms with van der Waals surface area (Å²) in [5.74, 6) is 0.111. The molecule has 0 radical (unpaired) electrons. The lowest BCUT2D eigenvalue weighted by Crippen LogP contribution is -2.45. The van der Waals surface area contributed by atoms with Gasteiger partial charge in [-0.25, -0.2) is 0 Å². The van der Waals surface area contributed by atoms with Crippen LogP contribution in [0.3, 0.4) is 0 Å². The molecule has 1 saturated carbocycles. The van der Waals surface area contributed by atoms with E-state index in [0.717, 1.165) is 12.8 Å². The van der Waals surface area contributed by atoms with E-state index in [9.17, 15) is 14.9 Å². The normalized spacial score (nSPS) is 16.1. The van der Waals surface area contributed by atoms with Gasteiger partial charge in [-0.05, 0) is 37.1 Å². The Balaban J connectivity index is 0.00000288. The van der Waals surface area contributed by atoms with Crippen molar-refractivity contribution in [2.75, 3.05) is 12.8 Å². The number of rotatable bonds is 6. The van der Waals surface area contributed by atoms with Crippen LogP contribution in [0.15, 0.2) is 23.1 Å². The number of nitrogens with zero attached hydrogens (tertiary/aromatic N) is 1. The molecule has 1 amide bonds. The number of carbonyl (C=O) groups is 1. The van der Waals surface area contributed by atoms with Crippen LogP contribution in [0.2, 0.25) is 0 Å². The molecule has 0 heterocycles. The Kier molecular flexibility index (Phi) is 8.52. The van der Waals surface area contributed by atoms with Crippen LogP contribution in [-0.4, -0.2) is 29.7 Å². The fourth-order valence-corrected chi connectivity index (χ4v) is 3.68. The highest BCUT2D eigenvalue weighted by Crippen LogP contribution is 2.29. The lowest BCUT2D eigenvalue weighted by Gasteiger charge is -2.30. The predicted octanol–water partition coefficient (Wildman–Crippen LogP) is 3.38. The summed E-state index contributed by atoms with van der Waals surface area (Å²) in [6, 6.07) is 4.52. The Morgan fingerprint density at radius 2 is 2.08 bits per heavy atom. The van der Waals surface area contributed by atoms with Crippen LogP contribution in [0.4, 0.5) is 5.69 Å². The highest BCUT2D eigenvalue weighted by atomic mass is 35.5. The van der Waals surface area contributed by atoms with E-state index in [1.54, 1.807) is 18.4 Å². The van der Waals surface area contributed by atoms with Gasteiger partial charge in [0.25, 0.3) is 11.6 Å². The van der Waals surface area contributed by atoms with Gasteiger partial charge in [-0.2, -0.15) is 0 Å². The first-order valence-corrected chi connectivity index (χ1v) is 9.12. The zero-order valence-corrected chi connectivity index (χ0v) is 15.3. The van der Waals surface area contributed by atoms with Crippen molar-refractivity contribution in [1.29, 1.82) is 0 Å². The van der Waals surface area contributed by atoms with E-state index in [1.165, 1.54) is 37.1 Å². The summed E-state index contributed by atoms with van der Waals surface area (Å²) in [4.78, 5) is 23.7. The number of halogens is 1. The molecule has 6 nitrogen and oxygen atoms in total. The Bertz CT molecular complexity index is 580. The van der Waals surface area contributed by atoms with Crippen LogP contribution in [0.25, 0.3) is 0 Å². The summed E-state index contributed by atoms with van der Waals surface area (Å²) >= 11 is 1.29. The number of nitrogens with two attached hydrogens (primary N) is 1. The van der Waals surface area contributed by atoms with Gasteiger partial charge < -0.3 is 11.1 Å². The van der Waals surface area contributed by atoms with Gasteiger partial charge in [0.1, 0.15) is 0 Å². The van der Waals surface area contributed by atoms with Crippen molar-refractivity contribution in [2.24, 2.45) is 11.7 Å². The van der Waals surface area contributed by atoms with E-state index in [0.29, 0.717) is 22.9 Å². The molecule has 1 aromatic carbocycles. The molecule has 134 valence electrons. The van der Waals surface area contributed by atoms with Gasteiger partial charge in [-0.15, -0.1) is 24.2 Å². The van der Waals surface area contributed by atoms with Crippen LogP contribution in [0, 0.1) is 16.0 Å². The van der Waals surface area contributed by atoms with Gasteiger partial charge in [0, 0.05) is 24.2 Å². The number of nitrogens with one attached hydrogen (secondary N) is 1. The molecule has 1 aromatic rings. The van der Waals surface area contributed by atoms with Crippen LogP contribution < -0.4 is 11.1 Å². The second-order valence-electron chi connectivity index (χ2n) is 5.86. The third-order valence-electron chi connectivity index (χ3n) is 4.43. The topological polar surface area (TPSA) is 98.3 Å². The lowest BCUT2D eigenvalue weighted by molar-refractivity contribution is -0.387. The molecule has 1 aliphatic rings. The molecule has 0 aromatic heterocycles. The van der Waals surface area contributed by atoms with Gasteiger partial charge in [0.15, 0.2) is 0 Å². The predicted molar refractivity (Wildman–Crippen MR) is 99.0 cm³/mol. The minimum atomic E-state index is -0.454. The maximum absolute atomic E-state index is 12.4. The third kappa shape index (κ3) is 5.09. The van der Waals surface area contributed by atoms with E-state index >= 15 is 0 Å². The molecule has 3 N–H and O–H groups in total. The molecule has 24 heavy (non-hydrogen) atoms. The van der Waals surface area contributed by atoms with Gasteiger partial charge in [-0.3, -0.25) is 14.9 Å². The molecule has 0 saturated heterocycles. The molecular weight excluding hydrogens is 350 g/mol. The van der Waals surface area contributed by atoms with Gasteiger partial charge in [0.05, 0.1) is 9.82 Å². The SMILES string of the molecule is CSc1ccc(C(=O)NC(CN)C2CCCCC2)cc1[N+](=O)[O-].Cl. The van der Waals surface area contributed by atoms with Crippen molar-refractivity contribution in [1.82, 2.24) is 5.32 Å². The van der Waals surface area contributed by atoms with E-state index < -0.39 is 4.92 Å². The summed E-state index contributed by atoms with van der Waals surface area (Å²) < 4.78 is 0. The molecule has 8 heteroatoms. The molecule has 1 atom stereocenters. The minimum Gasteiger partial charge on any atom is -0.348 e. The summed E-state index contributed by atoms with van der Waals surface area (Å²) in [5, 5.41) is 14.1. The number of nitro groups is 1. The first-order chi connectivity index (χ1) is 11.1. The smallest absolute Gasteiger partial charge is 0.283 e. The first-order valence-electron chi connectivity index (χ1n) is 7.90. The molecule has 0 aliphatic heterocycles. The van der Waals surface area contributed by atoms with Crippen molar-refractivity contribution in [3.8, 4) is 0 Å². The molecule has 1 aliphatic carbocycles. The highest BCUT2D eigenvalue weighted by molar-refractivity contribution is 7.98. The zero-order chi connectivity index (χ0) is 16.8. The molecule has 0 spiro atoms. The van der Waals surface area contributed by atoms with Gasteiger partial charge in [-0.1, -0.05) is 19.3 Å². The van der Waals surface area contributed by atoms with Crippen molar-refractivity contribution in [3.63, 3.8) is 0 Å². The van der Waals surface area contributed by atoms with Crippen LogP contribution >= 0.6 is 24.2 Å². The lowest BCUT2D eigenvalue weighted by atomic mass is 9.84.